The second kappa shape index (κ2) is 9.64. The number of fused-ring (bicyclic) bond motifs is 1. The number of nitrogens with one attached hydrogen (secondary N) is 1. The third-order valence-electron chi connectivity index (χ3n) is 6.21. The summed E-state index contributed by atoms with van der Waals surface area (Å²) in [4.78, 5) is 18.4. The van der Waals surface area contributed by atoms with E-state index in [4.69, 9.17) is 9.47 Å². The lowest BCUT2D eigenvalue weighted by Gasteiger charge is -2.29. The number of H-pyrrole nitrogens is 1. The quantitative estimate of drug-likeness (QED) is 0.366. The zero-order valence-electron chi connectivity index (χ0n) is 20.5. The summed E-state index contributed by atoms with van der Waals surface area (Å²) >= 11 is 0. The van der Waals surface area contributed by atoms with Gasteiger partial charge < -0.3 is 19.4 Å². The van der Waals surface area contributed by atoms with Crippen LogP contribution in [-0.4, -0.2) is 36.6 Å². The van der Waals surface area contributed by atoms with Crippen molar-refractivity contribution in [1.82, 2.24) is 9.88 Å². The topological polar surface area (TPSA) is 54.6 Å². The van der Waals surface area contributed by atoms with Gasteiger partial charge in [-0.3, -0.25) is 4.79 Å². The van der Waals surface area contributed by atoms with Crippen molar-refractivity contribution in [3.05, 3.63) is 95.7 Å². The smallest absolute Gasteiger partial charge is 0.261 e. The first-order valence-corrected chi connectivity index (χ1v) is 11.5. The number of hydrogen-bond acceptors (Lipinski definition) is 3. The minimum atomic E-state index is -0.276. The van der Waals surface area contributed by atoms with Gasteiger partial charge in [-0.05, 0) is 46.9 Å². The van der Waals surface area contributed by atoms with Crippen LogP contribution in [0.1, 0.15) is 43.5 Å². The number of nitrogens with zero attached hydrogens (tertiary/aromatic N) is 1. The molecule has 0 radical (unpaired) electrons. The van der Waals surface area contributed by atoms with Crippen LogP contribution in [0.15, 0.2) is 79.0 Å². The van der Waals surface area contributed by atoms with E-state index in [9.17, 15) is 4.79 Å². The van der Waals surface area contributed by atoms with E-state index in [1.165, 1.54) is 5.56 Å². The van der Waals surface area contributed by atoms with Crippen LogP contribution in [-0.2, 0) is 10.2 Å². The average molecular weight is 457 g/mol. The van der Waals surface area contributed by atoms with Crippen molar-refractivity contribution < 1.29 is 14.3 Å². The molecule has 0 spiro atoms. The van der Waals surface area contributed by atoms with Gasteiger partial charge in [0.2, 0.25) is 0 Å². The van der Waals surface area contributed by atoms with Crippen molar-refractivity contribution in [1.29, 1.82) is 0 Å². The fourth-order valence-corrected chi connectivity index (χ4v) is 4.16. The number of aromatic nitrogens is 1. The minimum Gasteiger partial charge on any atom is -0.497 e. The Morgan fingerprint density at radius 1 is 0.941 bits per heavy atom. The van der Waals surface area contributed by atoms with Gasteiger partial charge in [-0.2, -0.15) is 0 Å². The highest BCUT2D eigenvalue weighted by Crippen LogP contribution is 2.34. The number of likely N-dealkylation sites (N-methyl/N-ethyl adjacent to an activating group) is 1. The molecule has 1 heterocycles. The van der Waals surface area contributed by atoms with Crippen molar-refractivity contribution in [2.75, 3.05) is 20.8 Å². The summed E-state index contributed by atoms with van der Waals surface area (Å²) < 4.78 is 11.2. The van der Waals surface area contributed by atoms with Crippen LogP contribution in [0.2, 0.25) is 0 Å². The van der Waals surface area contributed by atoms with Gasteiger partial charge in [0.05, 0.1) is 13.2 Å². The van der Waals surface area contributed by atoms with Gasteiger partial charge in [0.25, 0.3) is 5.91 Å². The zero-order chi connectivity index (χ0) is 24.3. The van der Waals surface area contributed by atoms with Crippen molar-refractivity contribution in [2.45, 2.75) is 32.2 Å². The number of amides is 1. The zero-order valence-corrected chi connectivity index (χ0v) is 20.5. The Balaban J connectivity index is 1.58. The molecule has 1 N–H and O–H groups in total. The van der Waals surface area contributed by atoms with Gasteiger partial charge in [0.1, 0.15) is 11.5 Å². The molecule has 1 amide bonds. The third kappa shape index (κ3) is 4.93. The van der Waals surface area contributed by atoms with Crippen molar-refractivity contribution >= 4 is 16.8 Å². The van der Waals surface area contributed by atoms with Crippen LogP contribution in [0.4, 0.5) is 0 Å². The van der Waals surface area contributed by atoms with E-state index in [0.717, 1.165) is 27.8 Å². The second-order valence-electron chi connectivity index (χ2n) is 9.53. The molecule has 0 fully saturated rings. The molecule has 5 heteroatoms. The second-order valence-corrected chi connectivity index (χ2v) is 9.53. The largest absolute Gasteiger partial charge is 0.497 e. The molecule has 34 heavy (non-hydrogen) atoms. The SMILES string of the molecule is COc1ccc(C(c2c[nH]c3ccccc23)N(C)C(=O)COc2ccc(C(C)(C)C)cc2)cc1. The van der Waals surface area contributed by atoms with Crippen LogP contribution in [0.3, 0.4) is 0 Å². The number of para-hydroxylation sites is 1. The molecular weight excluding hydrogens is 424 g/mol. The number of hydrogen-bond donors (Lipinski definition) is 1. The Morgan fingerprint density at radius 3 is 2.24 bits per heavy atom. The standard InChI is InChI=1S/C29H32N2O3/c1-29(2,3)21-12-16-23(17-13-21)34-19-27(32)31(4)28(20-10-14-22(33-5)15-11-20)25-18-30-26-9-7-6-8-24(25)26/h6-18,28,30H,19H2,1-5H3. The van der Waals surface area contributed by atoms with Crippen molar-refractivity contribution in [3.8, 4) is 11.5 Å². The van der Waals surface area contributed by atoms with Gasteiger partial charge in [-0.15, -0.1) is 0 Å². The molecule has 0 saturated heterocycles. The summed E-state index contributed by atoms with van der Waals surface area (Å²) in [6.45, 7) is 6.47. The minimum absolute atomic E-state index is 0.0413. The third-order valence-corrected chi connectivity index (χ3v) is 6.21. The van der Waals surface area contributed by atoms with E-state index in [1.54, 1.807) is 12.0 Å². The Hall–Kier alpha value is -3.73. The fourth-order valence-electron chi connectivity index (χ4n) is 4.16. The molecule has 4 rings (SSSR count). The Labute approximate surface area is 201 Å². The summed E-state index contributed by atoms with van der Waals surface area (Å²) in [7, 11) is 3.47. The molecule has 4 aromatic rings. The maximum absolute atomic E-state index is 13.3. The monoisotopic (exact) mass is 456 g/mol. The van der Waals surface area contributed by atoms with Gasteiger partial charge in [-0.25, -0.2) is 0 Å². The highest BCUT2D eigenvalue weighted by Gasteiger charge is 2.26. The summed E-state index contributed by atoms with van der Waals surface area (Å²) in [5, 5.41) is 1.08. The number of carbonyl (C=O) groups excluding carboxylic acids is 1. The molecule has 1 unspecified atom stereocenters. The van der Waals surface area contributed by atoms with Gasteiger partial charge in [0.15, 0.2) is 6.61 Å². The van der Waals surface area contributed by atoms with Gasteiger partial charge in [-0.1, -0.05) is 63.2 Å². The lowest BCUT2D eigenvalue weighted by molar-refractivity contribution is -0.133. The lowest BCUT2D eigenvalue weighted by atomic mass is 9.87. The number of carbonyl (C=O) groups is 1. The maximum Gasteiger partial charge on any atom is 0.261 e. The molecular formula is C29H32N2O3. The highest BCUT2D eigenvalue weighted by atomic mass is 16.5. The van der Waals surface area contributed by atoms with E-state index in [1.807, 2.05) is 67.8 Å². The first-order chi connectivity index (χ1) is 16.3. The summed E-state index contributed by atoms with van der Waals surface area (Å²) in [5.74, 6) is 1.35. The number of methoxy groups -OCH3 is 1. The predicted molar refractivity (Wildman–Crippen MR) is 137 cm³/mol. The number of ether oxygens (including phenoxy) is 2. The molecule has 3 aromatic carbocycles. The van der Waals surface area contributed by atoms with E-state index in [2.05, 4.69) is 44.0 Å². The maximum atomic E-state index is 13.3. The van der Waals surface area contributed by atoms with Gasteiger partial charge in [0, 0.05) is 29.7 Å². The highest BCUT2D eigenvalue weighted by molar-refractivity contribution is 5.85. The van der Waals surface area contributed by atoms with Gasteiger partial charge >= 0.3 is 0 Å². The van der Waals surface area contributed by atoms with E-state index in [-0.39, 0.29) is 24.0 Å². The van der Waals surface area contributed by atoms with Crippen LogP contribution in [0.5, 0.6) is 11.5 Å². The fraction of sp³-hybridized carbons (Fsp3) is 0.276. The van der Waals surface area contributed by atoms with E-state index < -0.39 is 0 Å². The Morgan fingerprint density at radius 2 is 1.59 bits per heavy atom. The molecule has 5 nitrogen and oxygen atoms in total. The Kier molecular flexibility index (Phi) is 6.64. The van der Waals surface area contributed by atoms with E-state index >= 15 is 0 Å². The van der Waals surface area contributed by atoms with Crippen LogP contribution < -0.4 is 9.47 Å². The molecule has 0 aliphatic heterocycles. The first-order valence-electron chi connectivity index (χ1n) is 11.5. The summed E-state index contributed by atoms with van der Waals surface area (Å²) in [5.41, 5.74) is 4.36. The molecule has 1 aromatic heterocycles. The summed E-state index contributed by atoms with van der Waals surface area (Å²) in [6.07, 6.45) is 1.98. The molecule has 0 aliphatic rings. The summed E-state index contributed by atoms with van der Waals surface area (Å²) in [6, 6.07) is 23.6. The molecule has 0 bridgehead atoms. The molecule has 1 atom stereocenters. The van der Waals surface area contributed by atoms with Crippen molar-refractivity contribution in [2.24, 2.45) is 0 Å². The number of rotatable bonds is 7. The number of benzene rings is 3. The normalized spacial score (nSPS) is 12.4. The average Bonchev–Trinajstić information content (AvgIpc) is 3.26. The van der Waals surface area contributed by atoms with E-state index in [0.29, 0.717) is 5.75 Å². The molecule has 0 saturated carbocycles. The Bertz CT molecular complexity index is 1250. The van der Waals surface area contributed by atoms with Crippen LogP contribution in [0.25, 0.3) is 10.9 Å². The van der Waals surface area contributed by atoms with Crippen LogP contribution in [0, 0.1) is 0 Å². The molecule has 0 aliphatic carbocycles. The van der Waals surface area contributed by atoms with Crippen molar-refractivity contribution in [3.63, 3.8) is 0 Å². The predicted octanol–water partition coefficient (Wildman–Crippen LogP) is 6.10. The van der Waals surface area contributed by atoms with Crippen LogP contribution >= 0.6 is 0 Å². The first kappa shape index (κ1) is 23.4. The lowest BCUT2D eigenvalue weighted by Crippen LogP contribution is -2.35. The molecule has 176 valence electrons. The number of aromatic amines is 1.